The van der Waals surface area contributed by atoms with Crippen LogP contribution in [0, 0.1) is 6.92 Å². The van der Waals surface area contributed by atoms with Crippen LogP contribution >= 0.6 is 0 Å². The molecule has 124 valence electrons. The van der Waals surface area contributed by atoms with E-state index in [4.69, 9.17) is 4.74 Å². The van der Waals surface area contributed by atoms with Crippen LogP contribution in [0.1, 0.15) is 18.2 Å². The molecule has 1 atom stereocenters. The highest BCUT2D eigenvalue weighted by Crippen LogP contribution is 2.13. The van der Waals surface area contributed by atoms with Gasteiger partial charge in [0.05, 0.1) is 18.8 Å². The van der Waals surface area contributed by atoms with Crippen molar-refractivity contribution in [1.82, 2.24) is 20.4 Å². The van der Waals surface area contributed by atoms with Gasteiger partial charge in [-0.1, -0.05) is 12.1 Å². The number of hydrogen-bond donors (Lipinski definition) is 2. The van der Waals surface area contributed by atoms with E-state index in [1.165, 1.54) is 5.56 Å². The third kappa shape index (κ3) is 5.32. The lowest BCUT2D eigenvalue weighted by molar-refractivity contribution is 0.223. The molecule has 0 aliphatic rings. The van der Waals surface area contributed by atoms with Crippen molar-refractivity contribution in [1.29, 1.82) is 0 Å². The summed E-state index contributed by atoms with van der Waals surface area (Å²) in [6.45, 7) is 5.42. The van der Waals surface area contributed by atoms with Gasteiger partial charge in [0, 0.05) is 20.3 Å². The molecule has 2 aromatic rings. The molecule has 6 nitrogen and oxygen atoms in total. The van der Waals surface area contributed by atoms with Crippen molar-refractivity contribution in [2.75, 3.05) is 13.6 Å². The lowest BCUT2D eigenvalue weighted by Crippen LogP contribution is -2.41. The first-order valence-corrected chi connectivity index (χ1v) is 7.73. The Balaban J connectivity index is 1.77. The molecule has 1 aromatic carbocycles. The Morgan fingerprint density at radius 3 is 2.83 bits per heavy atom. The number of benzene rings is 1. The first kappa shape index (κ1) is 16.9. The standard InChI is InChI=1S/C17H25N5O/c1-13-6-5-7-16(10-13)23-14(2)11-19-17(18-3)20-12-15-8-9-21-22(15)4/h5-10,14H,11-12H2,1-4H3,(H2,18,19,20). The van der Waals surface area contributed by atoms with Crippen molar-refractivity contribution in [2.24, 2.45) is 12.0 Å². The molecular formula is C17H25N5O. The molecule has 1 heterocycles. The number of aryl methyl sites for hydroxylation is 2. The maximum atomic E-state index is 5.90. The Hall–Kier alpha value is -2.50. The molecule has 0 saturated heterocycles. The van der Waals surface area contributed by atoms with Gasteiger partial charge in [0.1, 0.15) is 11.9 Å². The van der Waals surface area contributed by atoms with E-state index in [1.54, 1.807) is 13.2 Å². The van der Waals surface area contributed by atoms with E-state index in [9.17, 15) is 0 Å². The van der Waals surface area contributed by atoms with Crippen molar-refractivity contribution in [3.63, 3.8) is 0 Å². The highest BCUT2D eigenvalue weighted by Gasteiger charge is 2.06. The zero-order chi connectivity index (χ0) is 16.7. The maximum Gasteiger partial charge on any atom is 0.191 e. The third-order valence-electron chi connectivity index (χ3n) is 3.47. The minimum atomic E-state index is 0.0343. The van der Waals surface area contributed by atoms with Gasteiger partial charge in [-0.15, -0.1) is 0 Å². The summed E-state index contributed by atoms with van der Waals surface area (Å²) in [7, 11) is 3.68. The van der Waals surface area contributed by atoms with E-state index in [0.29, 0.717) is 13.1 Å². The molecule has 23 heavy (non-hydrogen) atoms. The molecule has 0 fully saturated rings. The monoisotopic (exact) mass is 315 g/mol. The number of guanidine groups is 1. The average molecular weight is 315 g/mol. The molecule has 0 spiro atoms. The van der Waals surface area contributed by atoms with Crippen LogP contribution in [0.2, 0.25) is 0 Å². The smallest absolute Gasteiger partial charge is 0.191 e. The van der Waals surface area contributed by atoms with Crippen LogP contribution < -0.4 is 15.4 Å². The summed E-state index contributed by atoms with van der Waals surface area (Å²) in [5.74, 6) is 1.63. The predicted octanol–water partition coefficient (Wildman–Crippen LogP) is 1.86. The Morgan fingerprint density at radius 2 is 2.17 bits per heavy atom. The summed E-state index contributed by atoms with van der Waals surface area (Å²) in [5.41, 5.74) is 2.29. The summed E-state index contributed by atoms with van der Waals surface area (Å²) < 4.78 is 7.74. The summed E-state index contributed by atoms with van der Waals surface area (Å²) in [4.78, 5) is 4.22. The first-order valence-electron chi connectivity index (χ1n) is 7.73. The Kier molecular flexibility index (Phi) is 6.02. The quantitative estimate of drug-likeness (QED) is 0.631. The fraction of sp³-hybridized carbons (Fsp3) is 0.412. The molecule has 1 aromatic heterocycles. The highest BCUT2D eigenvalue weighted by molar-refractivity contribution is 5.79. The van der Waals surface area contributed by atoms with Crippen molar-refractivity contribution in [3.05, 3.63) is 47.8 Å². The molecule has 0 radical (unpaired) electrons. The minimum absolute atomic E-state index is 0.0343. The van der Waals surface area contributed by atoms with E-state index in [-0.39, 0.29) is 6.10 Å². The zero-order valence-electron chi connectivity index (χ0n) is 14.2. The number of aromatic nitrogens is 2. The number of aliphatic imine (C=N–C) groups is 1. The summed E-state index contributed by atoms with van der Waals surface area (Å²) in [6.07, 6.45) is 1.82. The summed E-state index contributed by atoms with van der Waals surface area (Å²) >= 11 is 0. The second-order valence-corrected chi connectivity index (χ2v) is 5.50. The van der Waals surface area contributed by atoms with Crippen LogP contribution in [-0.4, -0.2) is 35.4 Å². The van der Waals surface area contributed by atoms with Crippen LogP contribution in [0.3, 0.4) is 0 Å². The van der Waals surface area contributed by atoms with Crippen molar-refractivity contribution in [2.45, 2.75) is 26.5 Å². The number of hydrogen-bond acceptors (Lipinski definition) is 3. The third-order valence-corrected chi connectivity index (χ3v) is 3.47. The van der Waals surface area contributed by atoms with Crippen molar-refractivity contribution < 1.29 is 4.74 Å². The SMILES string of the molecule is CN=C(NCc1ccnn1C)NCC(C)Oc1cccc(C)c1. The zero-order valence-corrected chi connectivity index (χ0v) is 14.2. The highest BCUT2D eigenvalue weighted by atomic mass is 16.5. The number of ether oxygens (including phenoxy) is 1. The van der Waals surface area contributed by atoms with Crippen LogP contribution in [0.5, 0.6) is 5.75 Å². The average Bonchev–Trinajstić information content (AvgIpc) is 2.93. The van der Waals surface area contributed by atoms with Gasteiger partial charge in [-0.05, 0) is 37.6 Å². The van der Waals surface area contributed by atoms with E-state index < -0.39 is 0 Å². The second-order valence-electron chi connectivity index (χ2n) is 5.50. The van der Waals surface area contributed by atoms with E-state index in [2.05, 4.69) is 33.7 Å². The predicted molar refractivity (Wildman–Crippen MR) is 92.7 cm³/mol. The molecule has 0 aliphatic carbocycles. The van der Waals surface area contributed by atoms with Gasteiger partial charge in [-0.2, -0.15) is 5.10 Å². The largest absolute Gasteiger partial charge is 0.489 e. The lowest BCUT2D eigenvalue weighted by Gasteiger charge is -2.18. The van der Waals surface area contributed by atoms with Crippen LogP contribution in [0.15, 0.2) is 41.5 Å². The van der Waals surface area contributed by atoms with Crippen LogP contribution in [0.25, 0.3) is 0 Å². The first-order chi connectivity index (χ1) is 11.1. The molecule has 2 N–H and O–H groups in total. The fourth-order valence-corrected chi connectivity index (χ4v) is 2.17. The normalized spacial score (nSPS) is 12.8. The number of rotatable bonds is 6. The molecule has 0 saturated carbocycles. The van der Waals surface area contributed by atoms with Crippen LogP contribution in [-0.2, 0) is 13.6 Å². The van der Waals surface area contributed by atoms with E-state index in [1.807, 2.05) is 42.9 Å². The second kappa shape index (κ2) is 8.22. The molecule has 0 amide bonds. The molecule has 6 heteroatoms. The minimum Gasteiger partial charge on any atom is -0.489 e. The molecule has 0 bridgehead atoms. The number of nitrogens with one attached hydrogen (secondary N) is 2. The van der Waals surface area contributed by atoms with E-state index in [0.717, 1.165) is 17.4 Å². The summed E-state index contributed by atoms with van der Waals surface area (Å²) in [6, 6.07) is 10.0. The van der Waals surface area contributed by atoms with Crippen molar-refractivity contribution in [3.8, 4) is 5.75 Å². The summed E-state index contributed by atoms with van der Waals surface area (Å²) in [5, 5.41) is 10.7. The van der Waals surface area contributed by atoms with Gasteiger partial charge in [0.2, 0.25) is 0 Å². The Morgan fingerprint density at radius 1 is 1.35 bits per heavy atom. The van der Waals surface area contributed by atoms with Gasteiger partial charge in [-0.25, -0.2) is 0 Å². The van der Waals surface area contributed by atoms with Gasteiger partial charge < -0.3 is 15.4 Å². The molecule has 2 rings (SSSR count). The van der Waals surface area contributed by atoms with Crippen molar-refractivity contribution >= 4 is 5.96 Å². The Bertz CT molecular complexity index is 650. The van der Waals surface area contributed by atoms with Crippen LogP contribution in [0.4, 0.5) is 0 Å². The molecule has 1 unspecified atom stereocenters. The fourth-order valence-electron chi connectivity index (χ4n) is 2.17. The van der Waals surface area contributed by atoms with Gasteiger partial charge in [0.25, 0.3) is 0 Å². The lowest BCUT2D eigenvalue weighted by atomic mass is 10.2. The number of nitrogens with zero attached hydrogens (tertiary/aromatic N) is 3. The maximum absolute atomic E-state index is 5.90. The van der Waals surface area contributed by atoms with E-state index >= 15 is 0 Å². The van der Waals surface area contributed by atoms with Gasteiger partial charge in [0.15, 0.2) is 5.96 Å². The molecule has 0 aliphatic heterocycles. The topological polar surface area (TPSA) is 63.5 Å². The van der Waals surface area contributed by atoms with Gasteiger partial charge >= 0.3 is 0 Å². The van der Waals surface area contributed by atoms with Gasteiger partial charge in [-0.3, -0.25) is 9.67 Å². The Labute approximate surface area is 137 Å². The molecular weight excluding hydrogens is 290 g/mol.